The van der Waals surface area contributed by atoms with Gasteiger partial charge >= 0.3 is 0 Å². The molecule has 0 spiro atoms. The lowest BCUT2D eigenvalue weighted by molar-refractivity contribution is 0.0944. The quantitative estimate of drug-likeness (QED) is 0.253. The van der Waals surface area contributed by atoms with Crippen molar-refractivity contribution in [3.63, 3.8) is 0 Å². The Morgan fingerprint density at radius 2 is 1.97 bits per heavy atom. The second kappa shape index (κ2) is 11.6. The summed E-state index contributed by atoms with van der Waals surface area (Å²) in [6.07, 6.45) is 4.96. The number of aromatic nitrogens is 5. The van der Waals surface area contributed by atoms with Crippen molar-refractivity contribution in [3.8, 4) is 11.6 Å². The number of ether oxygens (including phenoxy) is 1. The van der Waals surface area contributed by atoms with Crippen molar-refractivity contribution in [2.75, 3.05) is 18.8 Å². The first kappa shape index (κ1) is 25.1. The van der Waals surface area contributed by atoms with Crippen molar-refractivity contribution < 1.29 is 14.2 Å². The van der Waals surface area contributed by atoms with Crippen LogP contribution in [0.3, 0.4) is 0 Å². The number of likely N-dealkylation sites (tertiary alicyclic amines) is 1. The van der Waals surface area contributed by atoms with E-state index in [1.54, 1.807) is 6.21 Å². The summed E-state index contributed by atoms with van der Waals surface area (Å²) < 4.78 is 11.8. The maximum atomic E-state index is 13.2. The number of aryl methyl sites for hydroxylation is 1. The van der Waals surface area contributed by atoms with Crippen molar-refractivity contribution in [2.24, 2.45) is 5.10 Å². The highest BCUT2D eigenvalue weighted by Crippen LogP contribution is 2.19. The van der Waals surface area contributed by atoms with Crippen LogP contribution in [0, 0.1) is 6.92 Å². The fourth-order valence-corrected chi connectivity index (χ4v) is 4.30. The lowest BCUT2D eigenvalue weighted by Gasteiger charge is -2.25. The Morgan fingerprint density at radius 3 is 2.71 bits per heavy atom. The van der Waals surface area contributed by atoms with Gasteiger partial charge in [-0.25, -0.2) is 10.1 Å². The van der Waals surface area contributed by atoms with Crippen LogP contribution < -0.4 is 15.9 Å². The van der Waals surface area contributed by atoms with Gasteiger partial charge in [0.25, 0.3) is 5.91 Å². The van der Waals surface area contributed by atoms with Gasteiger partial charge in [-0.3, -0.25) is 9.69 Å². The second-order valence-electron chi connectivity index (χ2n) is 9.15. The zero-order valence-corrected chi connectivity index (χ0v) is 21.1. The molecule has 38 heavy (non-hydrogen) atoms. The van der Waals surface area contributed by atoms with Crippen molar-refractivity contribution in [2.45, 2.75) is 39.3 Å². The summed E-state index contributed by atoms with van der Waals surface area (Å²) in [5.41, 5.74) is 12.2. The number of hydrogen-bond acceptors (Lipinski definition) is 10. The van der Waals surface area contributed by atoms with Crippen molar-refractivity contribution in [1.29, 1.82) is 0 Å². The Labute approximate surface area is 219 Å². The van der Waals surface area contributed by atoms with Gasteiger partial charge in [-0.05, 0) is 78.6 Å². The van der Waals surface area contributed by atoms with Gasteiger partial charge in [0.1, 0.15) is 18.1 Å². The monoisotopic (exact) mass is 515 g/mol. The highest BCUT2D eigenvalue weighted by atomic mass is 16.6. The number of hydrogen-bond donors (Lipinski definition) is 2. The highest BCUT2D eigenvalue weighted by molar-refractivity contribution is 5.95. The fourth-order valence-electron chi connectivity index (χ4n) is 4.30. The van der Waals surface area contributed by atoms with Gasteiger partial charge in [-0.2, -0.15) is 9.78 Å². The average Bonchev–Trinajstić information content (AvgIpc) is 3.54. The van der Waals surface area contributed by atoms with E-state index >= 15 is 0 Å². The number of nitrogens with one attached hydrogen (secondary N) is 1. The number of nitrogens with zero attached hydrogens (tertiary/aromatic N) is 7. The molecule has 196 valence electrons. The lowest BCUT2D eigenvalue weighted by atomic mass is 10.1. The van der Waals surface area contributed by atoms with E-state index in [0.717, 1.165) is 42.8 Å². The lowest BCUT2D eigenvalue weighted by Crippen LogP contribution is -2.31. The van der Waals surface area contributed by atoms with E-state index in [1.807, 2.05) is 36.4 Å². The van der Waals surface area contributed by atoms with Crippen LogP contribution in [0.15, 0.2) is 58.3 Å². The van der Waals surface area contributed by atoms with Gasteiger partial charge in [-0.1, -0.05) is 41.5 Å². The SMILES string of the molecule is Cc1cccc(COc2ccc(/C=N\NC(=O)c3c(CN4CCCCC4)nnn3-c3nonc3N)cc2)c1. The van der Waals surface area contributed by atoms with Gasteiger partial charge in [0.15, 0.2) is 5.69 Å². The first-order chi connectivity index (χ1) is 18.6. The van der Waals surface area contributed by atoms with E-state index in [9.17, 15) is 4.79 Å². The van der Waals surface area contributed by atoms with Crippen molar-refractivity contribution in [3.05, 3.63) is 76.6 Å². The smallest absolute Gasteiger partial charge is 0.292 e. The van der Waals surface area contributed by atoms with Gasteiger partial charge in [0, 0.05) is 6.54 Å². The minimum Gasteiger partial charge on any atom is -0.489 e. The fraction of sp³-hybridized carbons (Fsp3) is 0.308. The Bertz CT molecular complexity index is 1410. The highest BCUT2D eigenvalue weighted by Gasteiger charge is 2.26. The normalized spacial score (nSPS) is 14.1. The molecule has 3 N–H and O–H groups in total. The molecule has 1 fully saturated rings. The third-order valence-electron chi connectivity index (χ3n) is 6.22. The topological polar surface area (TPSA) is 150 Å². The van der Waals surface area contributed by atoms with Crippen LogP contribution in [0.2, 0.25) is 0 Å². The Kier molecular flexibility index (Phi) is 7.69. The minimum absolute atomic E-state index is 0.00156. The van der Waals surface area contributed by atoms with Crippen molar-refractivity contribution in [1.82, 2.24) is 35.6 Å². The van der Waals surface area contributed by atoms with E-state index in [-0.39, 0.29) is 17.3 Å². The summed E-state index contributed by atoms with van der Waals surface area (Å²) in [7, 11) is 0. The Hall–Kier alpha value is -4.58. The predicted molar refractivity (Wildman–Crippen MR) is 140 cm³/mol. The van der Waals surface area contributed by atoms with E-state index in [1.165, 1.54) is 16.7 Å². The molecule has 0 aliphatic carbocycles. The van der Waals surface area contributed by atoms with E-state index in [4.69, 9.17) is 15.1 Å². The zero-order chi connectivity index (χ0) is 26.3. The number of carbonyl (C=O) groups excluding carboxylic acids is 1. The molecule has 4 aromatic rings. The maximum absolute atomic E-state index is 13.2. The number of anilines is 1. The van der Waals surface area contributed by atoms with E-state index in [2.05, 4.69) is 55.1 Å². The first-order valence-corrected chi connectivity index (χ1v) is 12.4. The number of amides is 1. The number of piperidine rings is 1. The molecule has 0 radical (unpaired) electrons. The molecule has 0 atom stereocenters. The number of rotatable bonds is 9. The summed E-state index contributed by atoms with van der Waals surface area (Å²) in [6, 6.07) is 15.6. The number of carbonyl (C=O) groups is 1. The molecule has 1 amide bonds. The number of hydrazone groups is 1. The van der Waals surface area contributed by atoms with Gasteiger partial charge in [-0.15, -0.1) is 5.10 Å². The molecule has 2 aromatic carbocycles. The largest absolute Gasteiger partial charge is 0.489 e. The maximum Gasteiger partial charge on any atom is 0.292 e. The zero-order valence-electron chi connectivity index (χ0n) is 21.1. The van der Waals surface area contributed by atoms with Crippen molar-refractivity contribution >= 4 is 17.9 Å². The molecule has 0 bridgehead atoms. The molecule has 1 aliphatic rings. The standard InChI is InChI=1S/C26H29N9O3/c1-18-6-5-7-20(14-18)17-37-21-10-8-19(9-11-21)15-28-30-26(36)23-22(16-34-12-3-2-4-13-34)29-33-35(23)25-24(27)31-38-32-25/h5-11,14-15H,2-4,12-13,16-17H2,1H3,(H2,27,31)(H,30,36)/b28-15-. The van der Waals surface area contributed by atoms with Crippen LogP contribution in [0.4, 0.5) is 5.82 Å². The van der Waals surface area contributed by atoms with Crippen LogP contribution in [-0.2, 0) is 13.2 Å². The summed E-state index contributed by atoms with van der Waals surface area (Å²) >= 11 is 0. The first-order valence-electron chi connectivity index (χ1n) is 12.4. The third kappa shape index (κ3) is 6.03. The molecule has 1 aliphatic heterocycles. The number of nitrogen functional groups attached to an aromatic ring is 1. The summed E-state index contributed by atoms with van der Waals surface area (Å²) in [5, 5.41) is 19.8. The molecule has 3 heterocycles. The molecule has 2 aromatic heterocycles. The van der Waals surface area contributed by atoms with E-state index in [0.29, 0.717) is 18.8 Å². The molecule has 5 rings (SSSR count). The van der Waals surface area contributed by atoms with Crippen LogP contribution in [0.1, 0.15) is 52.1 Å². The van der Waals surface area contributed by atoms with Gasteiger partial charge in [0.2, 0.25) is 11.6 Å². The Morgan fingerprint density at radius 1 is 1.16 bits per heavy atom. The average molecular weight is 516 g/mol. The molecular formula is C26H29N9O3. The van der Waals surface area contributed by atoms with Crippen LogP contribution in [0.5, 0.6) is 5.75 Å². The van der Waals surface area contributed by atoms with Crippen LogP contribution >= 0.6 is 0 Å². The predicted octanol–water partition coefficient (Wildman–Crippen LogP) is 2.87. The summed E-state index contributed by atoms with van der Waals surface area (Å²) in [6.45, 7) is 4.88. The summed E-state index contributed by atoms with van der Waals surface area (Å²) in [4.78, 5) is 15.4. The molecule has 12 heteroatoms. The second-order valence-corrected chi connectivity index (χ2v) is 9.15. The van der Waals surface area contributed by atoms with Crippen LogP contribution in [0.25, 0.3) is 5.82 Å². The third-order valence-corrected chi connectivity index (χ3v) is 6.22. The number of benzene rings is 2. The Balaban J connectivity index is 1.25. The molecule has 0 unspecified atom stereocenters. The molecule has 0 saturated carbocycles. The van der Waals surface area contributed by atoms with Gasteiger partial charge in [0.05, 0.1) is 6.21 Å². The molecule has 12 nitrogen and oxygen atoms in total. The number of nitrogens with two attached hydrogens (primary N) is 1. The molecule has 1 saturated heterocycles. The molecular weight excluding hydrogens is 486 g/mol. The van der Waals surface area contributed by atoms with E-state index < -0.39 is 5.91 Å². The van der Waals surface area contributed by atoms with Crippen LogP contribution in [-0.4, -0.2) is 55.4 Å². The minimum atomic E-state index is -0.501. The van der Waals surface area contributed by atoms with Gasteiger partial charge < -0.3 is 10.5 Å². The summed E-state index contributed by atoms with van der Waals surface area (Å²) in [5.74, 6) is 0.335.